The number of rotatable bonds is 4. The van der Waals surface area contributed by atoms with Crippen LogP contribution in [0.1, 0.15) is 29.8 Å². The topological polar surface area (TPSA) is 70.1 Å². The van der Waals surface area contributed by atoms with E-state index in [0.717, 1.165) is 17.0 Å². The van der Waals surface area contributed by atoms with Gasteiger partial charge in [0.05, 0.1) is 18.8 Å². The van der Waals surface area contributed by atoms with Gasteiger partial charge in [0.2, 0.25) is 0 Å². The van der Waals surface area contributed by atoms with Gasteiger partial charge in [-0.25, -0.2) is 4.68 Å². The molecule has 1 aromatic carbocycles. The molecule has 2 N–H and O–H groups in total. The Balaban J connectivity index is 2.44. The Hall–Kier alpha value is -2.14. The third-order valence-electron chi connectivity index (χ3n) is 3.23. The number of nitrogens with zero attached hydrogens (tertiary/aromatic N) is 2. The lowest BCUT2D eigenvalue weighted by Crippen LogP contribution is -2.30. The van der Waals surface area contributed by atoms with Crippen molar-refractivity contribution in [3.63, 3.8) is 0 Å². The smallest absolute Gasteiger partial charge is 0.271 e. The summed E-state index contributed by atoms with van der Waals surface area (Å²) in [6.45, 7) is 4.27. The van der Waals surface area contributed by atoms with Crippen LogP contribution in [0.2, 0.25) is 0 Å². The Morgan fingerprint density at radius 1 is 1.35 bits per heavy atom. The van der Waals surface area contributed by atoms with Gasteiger partial charge < -0.3 is 10.5 Å². The van der Waals surface area contributed by atoms with E-state index in [2.05, 4.69) is 5.10 Å². The summed E-state index contributed by atoms with van der Waals surface area (Å²) in [5.74, 6) is 0.762. The van der Waals surface area contributed by atoms with E-state index in [1.807, 2.05) is 38.1 Å². The second kappa shape index (κ2) is 5.88. The zero-order valence-corrected chi connectivity index (χ0v) is 12.0. The lowest BCUT2D eigenvalue weighted by Gasteiger charge is -2.14. The van der Waals surface area contributed by atoms with Crippen molar-refractivity contribution in [1.29, 1.82) is 0 Å². The van der Waals surface area contributed by atoms with Gasteiger partial charge in [-0.2, -0.15) is 5.10 Å². The molecule has 0 saturated carbocycles. The van der Waals surface area contributed by atoms with Crippen molar-refractivity contribution >= 4 is 0 Å². The molecule has 0 spiro atoms. The Morgan fingerprint density at radius 2 is 2.00 bits per heavy atom. The van der Waals surface area contributed by atoms with E-state index < -0.39 is 6.04 Å². The number of aromatic nitrogens is 2. The molecule has 0 aliphatic carbocycles. The molecule has 20 heavy (non-hydrogen) atoms. The summed E-state index contributed by atoms with van der Waals surface area (Å²) in [5, 5.41) is 4.18. The molecule has 0 amide bonds. The van der Waals surface area contributed by atoms with Crippen LogP contribution in [-0.2, 0) is 6.54 Å². The number of ether oxygens (including phenoxy) is 1. The van der Waals surface area contributed by atoms with Crippen LogP contribution in [0.25, 0.3) is 0 Å². The largest absolute Gasteiger partial charge is 0.497 e. The molecule has 5 heteroatoms. The fraction of sp³-hybridized carbons (Fsp3) is 0.333. The van der Waals surface area contributed by atoms with Crippen LogP contribution in [-0.4, -0.2) is 16.9 Å². The molecule has 1 aromatic heterocycles. The predicted molar refractivity (Wildman–Crippen MR) is 77.9 cm³/mol. The van der Waals surface area contributed by atoms with E-state index in [-0.39, 0.29) is 5.56 Å². The quantitative estimate of drug-likeness (QED) is 0.919. The standard InChI is InChI=1S/C15H19N3O2/c1-4-18-15(19)13(9-10(2)17-18)14(16)11-5-7-12(20-3)8-6-11/h5-9,14H,4,16H2,1-3H3. The molecule has 5 nitrogen and oxygen atoms in total. The molecule has 0 saturated heterocycles. The van der Waals surface area contributed by atoms with Crippen LogP contribution in [0.3, 0.4) is 0 Å². The Labute approximate surface area is 118 Å². The van der Waals surface area contributed by atoms with E-state index in [0.29, 0.717) is 12.1 Å². The first-order chi connectivity index (χ1) is 9.56. The number of nitrogens with two attached hydrogens (primary N) is 1. The van der Waals surface area contributed by atoms with Crippen molar-refractivity contribution in [3.05, 3.63) is 57.5 Å². The number of hydrogen-bond donors (Lipinski definition) is 1. The van der Waals surface area contributed by atoms with Crippen molar-refractivity contribution in [2.45, 2.75) is 26.4 Å². The van der Waals surface area contributed by atoms with Gasteiger partial charge in [-0.05, 0) is 37.6 Å². The molecule has 106 valence electrons. The highest BCUT2D eigenvalue weighted by Gasteiger charge is 2.15. The van der Waals surface area contributed by atoms with Crippen LogP contribution in [0.5, 0.6) is 5.75 Å². The SMILES string of the molecule is CCn1nc(C)cc(C(N)c2ccc(OC)cc2)c1=O. The van der Waals surface area contributed by atoms with Crippen LogP contribution >= 0.6 is 0 Å². The molecular formula is C15H19N3O2. The third-order valence-corrected chi connectivity index (χ3v) is 3.23. The molecule has 0 aliphatic rings. The van der Waals surface area contributed by atoms with Crippen molar-refractivity contribution in [3.8, 4) is 5.75 Å². The van der Waals surface area contributed by atoms with Gasteiger partial charge in [0, 0.05) is 12.1 Å². The highest BCUT2D eigenvalue weighted by molar-refractivity contribution is 5.34. The van der Waals surface area contributed by atoms with Gasteiger partial charge >= 0.3 is 0 Å². The Bertz CT molecular complexity index is 647. The molecule has 0 fully saturated rings. The summed E-state index contributed by atoms with van der Waals surface area (Å²) < 4.78 is 6.56. The fourth-order valence-corrected chi connectivity index (χ4v) is 2.13. The molecule has 0 bridgehead atoms. The minimum atomic E-state index is -0.465. The first-order valence-corrected chi connectivity index (χ1v) is 6.55. The zero-order valence-electron chi connectivity index (χ0n) is 12.0. The zero-order chi connectivity index (χ0) is 14.7. The van der Waals surface area contributed by atoms with Gasteiger partial charge in [-0.3, -0.25) is 4.79 Å². The van der Waals surface area contributed by atoms with Gasteiger partial charge in [0.1, 0.15) is 5.75 Å². The first-order valence-electron chi connectivity index (χ1n) is 6.55. The number of benzene rings is 1. The number of hydrogen-bond acceptors (Lipinski definition) is 4. The Morgan fingerprint density at radius 3 is 2.55 bits per heavy atom. The molecule has 0 aliphatic heterocycles. The molecule has 2 aromatic rings. The van der Waals surface area contributed by atoms with E-state index in [4.69, 9.17) is 10.5 Å². The van der Waals surface area contributed by atoms with Crippen molar-refractivity contribution in [2.24, 2.45) is 5.73 Å². The van der Waals surface area contributed by atoms with Crippen molar-refractivity contribution < 1.29 is 4.74 Å². The third kappa shape index (κ3) is 2.72. The van der Waals surface area contributed by atoms with E-state index in [1.165, 1.54) is 4.68 Å². The van der Waals surface area contributed by atoms with E-state index >= 15 is 0 Å². The molecule has 1 heterocycles. The lowest BCUT2D eigenvalue weighted by atomic mass is 10.0. The number of methoxy groups -OCH3 is 1. The second-order valence-corrected chi connectivity index (χ2v) is 4.61. The van der Waals surface area contributed by atoms with Crippen LogP contribution in [0, 0.1) is 6.92 Å². The maximum atomic E-state index is 12.3. The van der Waals surface area contributed by atoms with Crippen LogP contribution in [0.4, 0.5) is 0 Å². The van der Waals surface area contributed by atoms with Crippen LogP contribution < -0.4 is 16.0 Å². The second-order valence-electron chi connectivity index (χ2n) is 4.61. The minimum absolute atomic E-state index is 0.138. The summed E-state index contributed by atoms with van der Waals surface area (Å²) in [4.78, 5) is 12.3. The molecule has 0 radical (unpaired) electrons. The Kier molecular flexibility index (Phi) is 4.20. The highest BCUT2D eigenvalue weighted by Crippen LogP contribution is 2.20. The summed E-state index contributed by atoms with van der Waals surface area (Å²) >= 11 is 0. The lowest BCUT2D eigenvalue weighted by molar-refractivity contribution is 0.414. The summed E-state index contributed by atoms with van der Waals surface area (Å²) in [6.07, 6.45) is 0. The van der Waals surface area contributed by atoms with E-state index in [1.54, 1.807) is 13.2 Å². The monoisotopic (exact) mass is 273 g/mol. The van der Waals surface area contributed by atoms with Gasteiger partial charge in [0.25, 0.3) is 5.56 Å². The fourth-order valence-electron chi connectivity index (χ4n) is 2.13. The normalized spacial score (nSPS) is 12.2. The molecule has 1 unspecified atom stereocenters. The first kappa shape index (κ1) is 14.3. The summed E-state index contributed by atoms with van der Waals surface area (Å²) in [5.41, 5.74) is 8.30. The van der Waals surface area contributed by atoms with Gasteiger partial charge in [-0.1, -0.05) is 12.1 Å². The maximum absolute atomic E-state index is 12.3. The average Bonchev–Trinajstić information content (AvgIpc) is 2.48. The molecule has 2 rings (SSSR count). The summed E-state index contributed by atoms with van der Waals surface area (Å²) in [6, 6.07) is 8.70. The predicted octanol–water partition coefficient (Wildman–Crippen LogP) is 1.63. The van der Waals surface area contributed by atoms with Gasteiger partial charge in [0.15, 0.2) is 0 Å². The minimum Gasteiger partial charge on any atom is -0.497 e. The van der Waals surface area contributed by atoms with E-state index in [9.17, 15) is 4.79 Å². The van der Waals surface area contributed by atoms with Crippen molar-refractivity contribution in [2.75, 3.05) is 7.11 Å². The average molecular weight is 273 g/mol. The maximum Gasteiger partial charge on any atom is 0.271 e. The molecule has 1 atom stereocenters. The van der Waals surface area contributed by atoms with Crippen LogP contribution in [0.15, 0.2) is 35.1 Å². The van der Waals surface area contributed by atoms with Crippen molar-refractivity contribution in [1.82, 2.24) is 9.78 Å². The summed E-state index contributed by atoms with van der Waals surface area (Å²) in [7, 11) is 1.61. The highest BCUT2D eigenvalue weighted by atomic mass is 16.5. The number of aryl methyl sites for hydroxylation is 2. The molecular weight excluding hydrogens is 254 g/mol. The van der Waals surface area contributed by atoms with Gasteiger partial charge in [-0.15, -0.1) is 0 Å².